The predicted octanol–water partition coefficient (Wildman–Crippen LogP) is 3.34. The fourth-order valence-corrected chi connectivity index (χ4v) is 3.49. The molecule has 0 bridgehead atoms. The highest BCUT2D eigenvalue weighted by atomic mass is 127. The van der Waals surface area contributed by atoms with Gasteiger partial charge in [0.15, 0.2) is 5.96 Å². The number of aromatic nitrogens is 3. The van der Waals surface area contributed by atoms with Gasteiger partial charge in [0.05, 0.1) is 25.5 Å². The molecule has 2 aromatic rings. The molecular formula is C20H31IN6O. The quantitative estimate of drug-likeness (QED) is 0.376. The minimum Gasteiger partial charge on any atom is -0.478 e. The number of imidazole rings is 1. The fourth-order valence-electron chi connectivity index (χ4n) is 3.49. The van der Waals surface area contributed by atoms with Gasteiger partial charge in [-0.2, -0.15) is 0 Å². The number of piperidine rings is 1. The summed E-state index contributed by atoms with van der Waals surface area (Å²) < 4.78 is 7.85. The zero-order chi connectivity index (χ0) is 19.1. The van der Waals surface area contributed by atoms with Crippen molar-refractivity contribution >= 4 is 29.9 Å². The summed E-state index contributed by atoms with van der Waals surface area (Å²) in [6.45, 7) is 10.3. The molecule has 28 heavy (non-hydrogen) atoms. The normalized spacial score (nSPS) is 19.8. The van der Waals surface area contributed by atoms with Crippen molar-refractivity contribution in [2.24, 2.45) is 10.9 Å². The van der Waals surface area contributed by atoms with Gasteiger partial charge in [0.2, 0.25) is 5.88 Å². The molecule has 2 atom stereocenters. The van der Waals surface area contributed by atoms with Gasteiger partial charge >= 0.3 is 0 Å². The lowest BCUT2D eigenvalue weighted by atomic mass is 9.93. The molecule has 1 aliphatic rings. The number of hydrogen-bond acceptors (Lipinski definition) is 4. The highest BCUT2D eigenvalue weighted by Crippen LogP contribution is 2.27. The Kier molecular flexibility index (Phi) is 9.01. The van der Waals surface area contributed by atoms with Crippen LogP contribution in [0.25, 0.3) is 0 Å². The molecule has 1 N–H and O–H groups in total. The summed E-state index contributed by atoms with van der Waals surface area (Å²) in [6, 6.07) is 4.36. The van der Waals surface area contributed by atoms with Gasteiger partial charge in [-0.15, -0.1) is 24.0 Å². The maximum absolute atomic E-state index is 5.63. The van der Waals surface area contributed by atoms with Crippen LogP contribution in [-0.2, 0) is 6.54 Å². The van der Waals surface area contributed by atoms with E-state index in [0.717, 1.165) is 37.6 Å². The van der Waals surface area contributed by atoms with E-state index < -0.39 is 0 Å². The van der Waals surface area contributed by atoms with E-state index in [1.165, 1.54) is 0 Å². The average molecular weight is 498 g/mol. The van der Waals surface area contributed by atoms with E-state index in [9.17, 15) is 0 Å². The second kappa shape index (κ2) is 11.2. The van der Waals surface area contributed by atoms with Gasteiger partial charge in [-0.3, -0.25) is 0 Å². The van der Waals surface area contributed by atoms with E-state index in [-0.39, 0.29) is 24.0 Å². The van der Waals surface area contributed by atoms with Crippen LogP contribution in [0.4, 0.5) is 0 Å². The van der Waals surface area contributed by atoms with E-state index in [2.05, 4.69) is 44.8 Å². The van der Waals surface area contributed by atoms with Gasteiger partial charge in [-0.25, -0.2) is 15.0 Å². The first-order valence-electron chi connectivity index (χ1n) is 9.80. The van der Waals surface area contributed by atoms with Crippen LogP contribution < -0.4 is 10.1 Å². The van der Waals surface area contributed by atoms with Crippen LogP contribution in [0.3, 0.4) is 0 Å². The molecular weight excluding hydrogens is 467 g/mol. The Morgan fingerprint density at radius 2 is 2.21 bits per heavy atom. The van der Waals surface area contributed by atoms with Crippen molar-refractivity contribution in [1.29, 1.82) is 0 Å². The Bertz CT molecular complexity index is 736. The number of hydrogen-bond donors (Lipinski definition) is 1. The zero-order valence-corrected chi connectivity index (χ0v) is 19.2. The van der Waals surface area contributed by atoms with Crippen LogP contribution in [0, 0.1) is 5.92 Å². The molecule has 3 rings (SSSR count). The predicted molar refractivity (Wildman–Crippen MR) is 122 cm³/mol. The Morgan fingerprint density at radius 1 is 1.36 bits per heavy atom. The van der Waals surface area contributed by atoms with E-state index in [1.54, 1.807) is 6.20 Å². The summed E-state index contributed by atoms with van der Waals surface area (Å²) >= 11 is 0. The molecule has 0 spiro atoms. The molecule has 1 fully saturated rings. The first-order valence-corrected chi connectivity index (χ1v) is 9.80. The number of halogens is 1. The first-order chi connectivity index (χ1) is 13.2. The molecule has 1 saturated heterocycles. The molecule has 7 nitrogen and oxygen atoms in total. The van der Waals surface area contributed by atoms with Crippen LogP contribution in [0.15, 0.2) is 42.0 Å². The molecule has 0 saturated carbocycles. The summed E-state index contributed by atoms with van der Waals surface area (Å²) in [5.41, 5.74) is 1.01. The van der Waals surface area contributed by atoms with Crippen LogP contribution >= 0.6 is 24.0 Å². The highest BCUT2D eigenvalue weighted by Gasteiger charge is 2.28. The van der Waals surface area contributed by atoms with E-state index in [1.807, 2.05) is 31.6 Å². The van der Waals surface area contributed by atoms with Crippen molar-refractivity contribution in [1.82, 2.24) is 24.8 Å². The van der Waals surface area contributed by atoms with Gasteiger partial charge in [0.25, 0.3) is 0 Å². The number of likely N-dealkylation sites (tertiary alicyclic amines) is 1. The average Bonchev–Trinajstić information content (AvgIpc) is 3.21. The van der Waals surface area contributed by atoms with Gasteiger partial charge in [0.1, 0.15) is 0 Å². The standard InChI is InChI=1S/C20H30N6O.HI/c1-4-22-20(24-13-17-7-6-9-23-19(17)27-5-2)25-11-8-16(3)18(14-25)26-12-10-21-15-26;/h6-7,9-10,12,15-16,18H,4-5,8,11,13-14H2,1-3H3,(H,22,24);1H. The number of guanidine groups is 1. The molecule has 0 aromatic carbocycles. The van der Waals surface area contributed by atoms with Crippen LogP contribution in [-0.4, -0.2) is 51.6 Å². The van der Waals surface area contributed by atoms with Crippen LogP contribution in [0.5, 0.6) is 5.88 Å². The number of rotatable bonds is 6. The number of ether oxygens (including phenoxy) is 1. The van der Waals surface area contributed by atoms with Crippen molar-refractivity contribution in [2.45, 2.75) is 39.8 Å². The lowest BCUT2D eigenvalue weighted by molar-refractivity contribution is 0.189. The minimum absolute atomic E-state index is 0. The second-order valence-electron chi connectivity index (χ2n) is 6.86. The summed E-state index contributed by atoms with van der Waals surface area (Å²) in [5.74, 6) is 2.23. The molecule has 0 radical (unpaired) electrons. The first kappa shape index (κ1) is 22.4. The summed E-state index contributed by atoms with van der Waals surface area (Å²) in [4.78, 5) is 15.8. The largest absolute Gasteiger partial charge is 0.478 e. The van der Waals surface area contributed by atoms with Gasteiger partial charge in [0, 0.05) is 43.8 Å². The Labute approximate surface area is 184 Å². The zero-order valence-electron chi connectivity index (χ0n) is 16.9. The highest BCUT2D eigenvalue weighted by molar-refractivity contribution is 14.0. The van der Waals surface area contributed by atoms with Crippen molar-refractivity contribution in [2.75, 3.05) is 26.2 Å². The summed E-state index contributed by atoms with van der Waals surface area (Å²) in [7, 11) is 0. The summed E-state index contributed by atoms with van der Waals surface area (Å²) in [6.07, 6.45) is 8.70. The fraction of sp³-hybridized carbons (Fsp3) is 0.550. The SMILES string of the molecule is CCNC(=NCc1cccnc1OCC)N1CCC(C)C(n2ccnc2)C1.I. The third-order valence-electron chi connectivity index (χ3n) is 4.99. The number of aliphatic imine (C=N–C) groups is 1. The second-order valence-corrected chi connectivity index (χ2v) is 6.86. The van der Waals surface area contributed by atoms with E-state index in [0.29, 0.717) is 31.0 Å². The molecule has 0 aliphatic carbocycles. The van der Waals surface area contributed by atoms with Crippen LogP contribution in [0.2, 0.25) is 0 Å². The topological polar surface area (TPSA) is 67.6 Å². The minimum atomic E-state index is 0. The van der Waals surface area contributed by atoms with Crippen molar-refractivity contribution < 1.29 is 4.74 Å². The maximum Gasteiger partial charge on any atom is 0.218 e. The number of nitrogens with zero attached hydrogens (tertiary/aromatic N) is 5. The van der Waals surface area contributed by atoms with Crippen molar-refractivity contribution in [3.05, 3.63) is 42.6 Å². The van der Waals surface area contributed by atoms with Crippen molar-refractivity contribution in [3.8, 4) is 5.88 Å². The molecule has 1 aliphatic heterocycles. The van der Waals surface area contributed by atoms with Gasteiger partial charge in [-0.1, -0.05) is 13.0 Å². The lowest BCUT2D eigenvalue weighted by Gasteiger charge is -2.39. The smallest absolute Gasteiger partial charge is 0.218 e. The Hall–Kier alpha value is -1.84. The Balaban J connectivity index is 0.00000280. The Morgan fingerprint density at radius 3 is 2.93 bits per heavy atom. The monoisotopic (exact) mass is 498 g/mol. The van der Waals surface area contributed by atoms with Gasteiger partial charge in [-0.05, 0) is 32.3 Å². The molecule has 2 aromatic heterocycles. The van der Waals surface area contributed by atoms with Gasteiger partial charge < -0.3 is 19.5 Å². The molecule has 3 heterocycles. The van der Waals surface area contributed by atoms with E-state index >= 15 is 0 Å². The van der Waals surface area contributed by atoms with Crippen molar-refractivity contribution in [3.63, 3.8) is 0 Å². The molecule has 154 valence electrons. The summed E-state index contributed by atoms with van der Waals surface area (Å²) in [5, 5.41) is 3.44. The number of nitrogens with one attached hydrogen (secondary N) is 1. The number of pyridine rings is 1. The third-order valence-corrected chi connectivity index (χ3v) is 4.99. The third kappa shape index (κ3) is 5.59. The molecule has 8 heteroatoms. The molecule has 2 unspecified atom stereocenters. The lowest BCUT2D eigenvalue weighted by Crippen LogP contribution is -2.49. The van der Waals surface area contributed by atoms with E-state index in [4.69, 9.17) is 9.73 Å². The van der Waals surface area contributed by atoms with Crippen LogP contribution in [0.1, 0.15) is 38.8 Å². The molecule has 0 amide bonds. The maximum atomic E-state index is 5.63.